The van der Waals surface area contributed by atoms with Gasteiger partial charge in [0.2, 0.25) is 0 Å². The van der Waals surface area contributed by atoms with Gasteiger partial charge < -0.3 is 5.11 Å². The number of allylic oxidation sites excluding steroid dienone is 1. The normalized spacial score (nSPS) is 10.9. The molecule has 0 saturated carbocycles. The minimum atomic E-state index is 0.385. The van der Waals surface area contributed by atoms with Gasteiger partial charge in [0.15, 0.2) is 0 Å². The van der Waals surface area contributed by atoms with E-state index in [1.165, 1.54) is 0 Å². The van der Waals surface area contributed by atoms with E-state index in [1.54, 1.807) is 6.08 Å². The van der Waals surface area contributed by atoms with Crippen LogP contribution in [-0.2, 0) is 0 Å². The van der Waals surface area contributed by atoms with Gasteiger partial charge in [-0.05, 0) is 49.6 Å². The Kier molecular flexibility index (Phi) is 2.54. The molecular weight excluding hydrogens is 148 g/mol. The summed E-state index contributed by atoms with van der Waals surface area (Å²) >= 11 is 0. The van der Waals surface area contributed by atoms with E-state index < -0.39 is 0 Å². The average molecular weight is 161 g/mol. The van der Waals surface area contributed by atoms with E-state index >= 15 is 0 Å². The van der Waals surface area contributed by atoms with Gasteiger partial charge in [0.25, 0.3) is 0 Å². The van der Waals surface area contributed by atoms with E-state index in [2.05, 4.69) is 6.92 Å². The van der Waals surface area contributed by atoms with E-state index in [9.17, 15) is 5.11 Å². The summed E-state index contributed by atoms with van der Waals surface area (Å²) in [5.74, 6) is 0.385. The molecule has 0 aromatic heterocycles. The minimum Gasteiger partial charge on any atom is -0.507 e. The number of benzene rings is 1. The molecule has 0 aliphatic heterocycles. The number of rotatable bonds is 1. The lowest BCUT2D eigenvalue weighted by molar-refractivity contribution is 0.467. The molecule has 0 heterocycles. The maximum absolute atomic E-state index is 9.46. The summed E-state index contributed by atoms with van der Waals surface area (Å²) in [5.41, 5.74) is 2.89. The molecule has 0 fully saturated rings. The summed E-state index contributed by atoms with van der Waals surface area (Å²) in [4.78, 5) is 0. The van der Waals surface area contributed by atoms with E-state index in [4.69, 9.17) is 0 Å². The van der Waals surface area contributed by atoms with Gasteiger partial charge in [-0.2, -0.15) is 0 Å². The van der Waals surface area contributed by atoms with E-state index in [1.807, 2.05) is 32.1 Å². The molecule has 0 spiro atoms. The topological polar surface area (TPSA) is 20.2 Å². The monoisotopic (exact) mass is 161 g/mol. The third-order valence-corrected chi connectivity index (χ3v) is 1.82. The van der Waals surface area contributed by atoms with Gasteiger partial charge in [-0.25, -0.2) is 0 Å². The number of hydrogen-bond donors (Lipinski definition) is 1. The van der Waals surface area contributed by atoms with Crippen LogP contribution in [0.3, 0.4) is 0 Å². The molecule has 1 nitrogen and oxygen atoms in total. The van der Waals surface area contributed by atoms with Crippen molar-refractivity contribution in [3.05, 3.63) is 41.8 Å². The molecule has 0 unspecified atom stereocenters. The van der Waals surface area contributed by atoms with Gasteiger partial charge in [-0.3, -0.25) is 0 Å². The van der Waals surface area contributed by atoms with Crippen molar-refractivity contribution in [3.8, 4) is 5.75 Å². The Morgan fingerprint density at radius 1 is 1.25 bits per heavy atom. The lowest BCUT2D eigenvalue weighted by Gasteiger charge is -2.04. The Morgan fingerprint density at radius 3 is 2.17 bits per heavy atom. The molecule has 1 aromatic rings. The summed E-state index contributed by atoms with van der Waals surface area (Å²) in [7, 11) is 0. The van der Waals surface area contributed by atoms with Crippen molar-refractivity contribution in [2.45, 2.75) is 13.8 Å². The molecule has 63 valence electrons. The van der Waals surface area contributed by atoms with Crippen molar-refractivity contribution in [2.75, 3.05) is 0 Å². The van der Waals surface area contributed by atoms with Gasteiger partial charge in [0, 0.05) is 0 Å². The summed E-state index contributed by atoms with van der Waals surface area (Å²) in [6.07, 6.45) is 3.66. The Morgan fingerprint density at radius 2 is 1.75 bits per heavy atom. The number of hydrogen-bond acceptors (Lipinski definition) is 1. The van der Waals surface area contributed by atoms with Gasteiger partial charge in [-0.1, -0.05) is 12.2 Å². The Hall–Kier alpha value is -1.24. The van der Waals surface area contributed by atoms with Gasteiger partial charge >= 0.3 is 0 Å². The fraction of sp³-hybridized carbons (Fsp3) is 0.182. The highest BCUT2D eigenvalue weighted by Crippen LogP contribution is 2.23. The van der Waals surface area contributed by atoms with Gasteiger partial charge in [0.05, 0.1) is 0 Å². The number of aromatic hydroxyl groups is 1. The maximum atomic E-state index is 9.46. The van der Waals surface area contributed by atoms with Crippen molar-refractivity contribution in [2.24, 2.45) is 0 Å². The van der Waals surface area contributed by atoms with Crippen LogP contribution in [0.2, 0.25) is 0 Å². The van der Waals surface area contributed by atoms with Crippen molar-refractivity contribution in [1.29, 1.82) is 0 Å². The minimum absolute atomic E-state index is 0.385. The number of phenols is 1. The zero-order valence-corrected chi connectivity index (χ0v) is 7.46. The highest BCUT2D eigenvalue weighted by molar-refractivity contribution is 5.55. The summed E-state index contributed by atoms with van der Waals surface area (Å²) in [6, 6.07) is 3.87. The predicted molar refractivity (Wildman–Crippen MR) is 52.0 cm³/mol. The molecule has 1 N–H and O–H groups in total. The lowest BCUT2D eigenvalue weighted by atomic mass is 10.1. The Labute approximate surface area is 73.4 Å². The molecule has 0 aliphatic rings. The number of phenolic OH excluding ortho intramolecular Hbond substituents is 1. The first-order valence-electron chi connectivity index (χ1n) is 3.91. The summed E-state index contributed by atoms with van der Waals surface area (Å²) in [6.45, 7) is 7.40. The predicted octanol–water partition coefficient (Wildman–Crippen LogP) is 2.86. The molecule has 0 saturated heterocycles. The fourth-order valence-corrected chi connectivity index (χ4v) is 1.22. The molecule has 0 bridgehead atoms. The van der Waals surface area contributed by atoms with Crippen LogP contribution in [0.4, 0.5) is 0 Å². The smallest absolute Gasteiger partial charge is 0.121 e. The average Bonchev–Trinajstić information content (AvgIpc) is 2.01. The lowest BCUT2D eigenvalue weighted by Crippen LogP contribution is -1.82. The largest absolute Gasteiger partial charge is 0.507 e. The fourth-order valence-electron chi connectivity index (χ4n) is 1.22. The van der Waals surface area contributed by atoms with Crippen molar-refractivity contribution >= 4 is 6.08 Å². The SMILES string of the molecule is [CH2]/C=C/c1cc(C)c(O)c(C)c1. The van der Waals surface area contributed by atoms with Crippen LogP contribution in [-0.4, -0.2) is 5.11 Å². The summed E-state index contributed by atoms with van der Waals surface area (Å²) < 4.78 is 0. The zero-order valence-electron chi connectivity index (χ0n) is 7.46. The van der Waals surface area contributed by atoms with Crippen LogP contribution in [0.5, 0.6) is 5.75 Å². The van der Waals surface area contributed by atoms with E-state index in [0.29, 0.717) is 5.75 Å². The molecule has 12 heavy (non-hydrogen) atoms. The second-order valence-corrected chi connectivity index (χ2v) is 2.91. The third-order valence-electron chi connectivity index (χ3n) is 1.82. The van der Waals surface area contributed by atoms with Crippen LogP contribution in [0.25, 0.3) is 6.08 Å². The van der Waals surface area contributed by atoms with Crippen LogP contribution in [0.15, 0.2) is 18.2 Å². The van der Waals surface area contributed by atoms with Crippen molar-refractivity contribution in [3.63, 3.8) is 0 Å². The molecule has 1 radical (unpaired) electrons. The molecule has 0 aliphatic carbocycles. The first-order valence-corrected chi connectivity index (χ1v) is 3.91. The molecule has 1 aromatic carbocycles. The van der Waals surface area contributed by atoms with Crippen LogP contribution >= 0.6 is 0 Å². The van der Waals surface area contributed by atoms with E-state index in [-0.39, 0.29) is 0 Å². The third kappa shape index (κ3) is 1.67. The highest BCUT2D eigenvalue weighted by atomic mass is 16.3. The van der Waals surface area contributed by atoms with Crippen molar-refractivity contribution in [1.82, 2.24) is 0 Å². The number of aryl methyl sites for hydroxylation is 2. The standard InChI is InChI=1S/C11H13O/c1-4-5-10-6-8(2)11(12)9(3)7-10/h4-7,12H,1H2,2-3H3/b5-4+. The summed E-state index contributed by atoms with van der Waals surface area (Å²) in [5, 5.41) is 9.46. The molecule has 1 heteroatoms. The van der Waals surface area contributed by atoms with Gasteiger partial charge in [-0.15, -0.1) is 0 Å². The molecule has 1 rings (SSSR count). The van der Waals surface area contributed by atoms with Gasteiger partial charge in [0.1, 0.15) is 5.75 Å². The molecule has 0 amide bonds. The van der Waals surface area contributed by atoms with Crippen molar-refractivity contribution < 1.29 is 5.11 Å². The zero-order chi connectivity index (χ0) is 9.14. The second kappa shape index (κ2) is 3.44. The van der Waals surface area contributed by atoms with Crippen LogP contribution in [0, 0.1) is 20.8 Å². The second-order valence-electron chi connectivity index (χ2n) is 2.91. The quantitative estimate of drug-likeness (QED) is 0.671. The van der Waals surface area contributed by atoms with Crippen LogP contribution < -0.4 is 0 Å². The molecular formula is C11H13O. The Balaban J connectivity index is 3.21. The first-order chi connectivity index (χ1) is 5.65. The highest BCUT2D eigenvalue weighted by Gasteiger charge is 2.00. The maximum Gasteiger partial charge on any atom is 0.121 e. The van der Waals surface area contributed by atoms with Crippen LogP contribution in [0.1, 0.15) is 16.7 Å². The van der Waals surface area contributed by atoms with E-state index in [0.717, 1.165) is 16.7 Å². The molecule has 0 atom stereocenters. The Bertz CT molecular complexity index is 288. The first kappa shape index (κ1) is 8.85.